The van der Waals surface area contributed by atoms with Crippen molar-refractivity contribution in [3.8, 4) is 11.6 Å². The molecular formula is C19H20FN3O3. The van der Waals surface area contributed by atoms with E-state index in [4.69, 9.17) is 4.74 Å². The topological polar surface area (TPSA) is 67.6 Å². The van der Waals surface area contributed by atoms with E-state index >= 15 is 0 Å². The molecule has 1 saturated heterocycles. The van der Waals surface area contributed by atoms with Gasteiger partial charge in [0.2, 0.25) is 5.88 Å². The SMILES string of the molecule is O=c1nc(OCc2ccc(O)c(F)c2)cc2n1CC1N2CCCC12CC2. The zero-order valence-electron chi connectivity index (χ0n) is 14.3. The van der Waals surface area contributed by atoms with Crippen molar-refractivity contribution in [1.29, 1.82) is 0 Å². The van der Waals surface area contributed by atoms with Gasteiger partial charge >= 0.3 is 5.69 Å². The summed E-state index contributed by atoms with van der Waals surface area (Å²) in [6.45, 7) is 1.75. The molecule has 0 amide bonds. The minimum atomic E-state index is -0.695. The molecule has 7 heteroatoms. The Labute approximate surface area is 149 Å². The highest BCUT2D eigenvalue weighted by atomic mass is 19.1. The predicted octanol–water partition coefficient (Wildman–Crippen LogP) is 2.43. The Balaban J connectivity index is 1.40. The molecule has 26 heavy (non-hydrogen) atoms. The average molecular weight is 357 g/mol. The first-order valence-corrected chi connectivity index (χ1v) is 9.04. The number of aromatic nitrogens is 2. The van der Waals surface area contributed by atoms with Gasteiger partial charge in [0, 0.05) is 12.6 Å². The third-order valence-electron chi connectivity index (χ3n) is 6.06. The van der Waals surface area contributed by atoms with Crippen LogP contribution in [0.15, 0.2) is 29.1 Å². The van der Waals surface area contributed by atoms with Crippen LogP contribution >= 0.6 is 0 Å². The van der Waals surface area contributed by atoms with Crippen LogP contribution in [-0.2, 0) is 13.2 Å². The van der Waals surface area contributed by atoms with Crippen LogP contribution in [0, 0.1) is 11.2 Å². The first-order chi connectivity index (χ1) is 12.6. The van der Waals surface area contributed by atoms with Gasteiger partial charge in [-0.15, -0.1) is 0 Å². The van der Waals surface area contributed by atoms with E-state index in [0.717, 1.165) is 18.8 Å². The second kappa shape index (κ2) is 5.46. The summed E-state index contributed by atoms with van der Waals surface area (Å²) in [7, 11) is 0. The Morgan fingerprint density at radius 1 is 1.31 bits per heavy atom. The van der Waals surface area contributed by atoms with Crippen molar-refractivity contribution >= 4 is 5.82 Å². The van der Waals surface area contributed by atoms with Crippen LogP contribution < -0.4 is 15.3 Å². The van der Waals surface area contributed by atoms with Gasteiger partial charge in [-0.2, -0.15) is 4.98 Å². The van der Waals surface area contributed by atoms with E-state index in [1.807, 2.05) is 6.07 Å². The van der Waals surface area contributed by atoms with Gasteiger partial charge in [-0.1, -0.05) is 6.07 Å². The standard InChI is InChI=1S/C19H20FN3O3/c20-13-8-12(2-3-14(13)24)11-26-16-9-17-22-7-1-4-19(5-6-19)15(22)10-23(17)18(25)21-16/h2-3,8-9,15,24H,1,4-7,10-11H2. The lowest BCUT2D eigenvalue weighted by Gasteiger charge is -2.37. The van der Waals surface area contributed by atoms with Crippen molar-refractivity contribution in [2.75, 3.05) is 11.4 Å². The number of aromatic hydroxyl groups is 1. The van der Waals surface area contributed by atoms with Gasteiger partial charge in [-0.25, -0.2) is 9.18 Å². The molecule has 5 rings (SSSR count). The van der Waals surface area contributed by atoms with E-state index in [0.29, 0.717) is 23.6 Å². The first kappa shape index (κ1) is 15.7. The summed E-state index contributed by atoms with van der Waals surface area (Å²) >= 11 is 0. The molecule has 1 aliphatic carbocycles. The van der Waals surface area contributed by atoms with E-state index < -0.39 is 11.6 Å². The van der Waals surface area contributed by atoms with Crippen LogP contribution in [0.4, 0.5) is 10.2 Å². The molecule has 2 fully saturated rings. The van der Waals surface area contributed by atoms with E-state index in [-0.39, 0.29) is 18.2 Å². The number of nitrogens with zero attached hydrogens (tertiary/aromatic N) is 3. The fraction of sp³-hybridized carbons (Fsp3) is 0.474. The maximum Gasteiger partial charge on any atom is 0.352 e. The van der Waals surface area contributed by atoms with Crippen molar-refractivity contribution in [2.24, 2.45) is 5.41 Å². The minimum Gasteiger partial charge on any atom is -0.505 e. The summed E-state index contributed by atoms with van der Waals surface area (Å²) in [6, 6.07) is 6.29. The molecule has 3 aliphatic rings. The van der Waals surface area contributed by atoms with E-state index in [1.54, 1.807) is 10.6 Å². The normalized spacial score (nSPS) is 22.2. The molecule has 0 radical (unpaired) electrons. The third kappa shape index (κ3) is 2.37. The van der Waals surface area contributed by atoms with Crippen LogP contribution in [0.25, 0.3) is 0 Å². The summed E-state index contributed by atoms with van der Waals surface area (Å²) in [4.78, 5) is 18.9. The Morgan fingerprint density at radius 2 is 2.15 bits per heavy atom. The Kier molecular flexibility index (Phi) is 3.29. The lowest BCUT2D eigenvalue weighted by atomic mass is 9.87. The quantitative estimate of drug-likeness (QED) is 0.914. The second-order valence-electron chi connectivity index (χ2n) is 7.60. The van der Waals surface area contributed by atoms with E-state index in [1.165, 1.54) is 31.4 Å². The molecule has 1 N–H and O–H groups in total. The summed E-state index contributed by atoms with van der Waals surface area (Å²) in [6.07, 6.45) is 4.90. The Bertz CT molecular complexity index is 938. The van der Waals surface area contributed by atoms with Crippen LogP contribution in [0.1, 0.15) is 31.2 Å². The first-order valence-electron chi connectivity index (χ1n) is 9.04. The minimum absolute atomic E-state index is 0.0838. The number of piperidine rings is 1. The van der Waals surface area contributed by atoms with Crippen LogP contribution in [0.3, 0.4) is 0 Å². The van der Waals surface area contributed by atoms with Crippen molar-refractivity contribution in [3.05, 3.63) is 46.1 Å². The number of phenols is 1. The van der Waals surface area contributed by atoms with Gasteiger partial charge < -0.3 is 14.7 Å². The largest absolute Gasteiger partial charge is 0.505 e. The summed E-state index contributed by atoms with van der Waals surface area (Å²) < 4.78 is 20.8. The number of benzene rings is 1. The summed E-state index contributed by atoms with van der Waals surface area (Å²) in [5.74, 6) is 0.0467. The molecule has 0 bridgehead atoms. The molecular weight excluding hydrogens is 337 g/mol. The molecule has 1 spiro atoms. The molecule has 1 saturated carbocycles. The number of anilines is 1. The molecule has 2 aromatic rings. The third-order valence-corrected chi connectivity index (χ3v) is 6.06. The Morgan fingerprint density at radius 3 is 2.92 bits per heavy atom. The van der Waals surface area contributed by atoms with Gasteiger partial charge in [0.05, 0.1) is 12.6 Å². The number of rotatable bonds is 3. The highest BCUT2D eigenvalue weighted by molar-refractivity contribution is 5.49. The highest BCUT2D eigenvalue weighted by Gasteiger charge is 2.55. The monoisotopic (exact) mass is 357 g/mol. The second-order valence-corrected chi connectivity index (χ2v) is 7.60. The number of halogens is 1. The van der Waals surface area contributed by atoms with E-state index in [9.17, 15) is 14.3 Å². The van der Waals surface area contributed by atoms with Crippen molar-refractivity contribution in [3.63, 3.8) is 0 Å². The molecule has 1 aromatic carbocycles. The smallest absolute Gasteiger partial charge is 0.352 e. The number of hydrogen-bond acceptors (Lipinski definition) is 5. The average Bonchev–Trinajstić information content (AvgIpc) is 3.28. The Hall–Kier alpha value is -2.57. The van der Waals surface area contributed by atoms with Gasteiger partial charge in [0.15, 0.2) is 11.6 Å². The zero-order valence-corrected chi connectivity index (χ0v) is 14.3. The maximum atomic E-state index is 13.4. The van der Waals surface area contributed by atoms with Crippen LogP contribution in [0.2, 0.25) is 0 Å². The van der Waals surface area contributed by atoms with Crippen LogP contribution in [-0.4, -0.2) is 27.2 Å². The number of fused-ring (bicyclic) bond motifs is 4. The van der Waals surface area contributed by atoms with Crippen molar-refractivity contribution < 1.29 is 14.2 Å². The lowest BCUT2D eigenvalue weighted by Crippen LogP contribution is -2.44. The summed E-state index contributed by atoms with van der Waals surface area (Å²) in [5, 5.41) is 9.25. The van der Waals surface area contributed by atoms with Gasteiger partial charge in [-0.05, 0) is 48.8 Å². The van der Waals surface area contributed by atoms with E-state index in [2.05, 4.69) is 9.88 Å². The highest BCUT2D eigenvalue weighted by Crippen LogP contribution is 2.58. The van der Waals surface area contributed by atoms with Crippen molar-refractivity contribution in [1.82, 2.24) is 9.55 Å². The lowest BCUT2D eigenvalue weighted by molar-refractivity contribution is 0.290. The molecule has 3 heterocycles. The molecule has 1 unspecified atom stereocenters. The molecule has 1 aromatic heterocycles. The number of phenolic OH excluding ortho intramolecular Hbond substituents is 1. The van der Waals surface area contributed by atoms with Crippen molar-refractivity contribution in [2.45, 2.75) is 44.9 Å². The fourth-order valence-electron chi connectivity index (χ4n) is 4.49. The summed E-state index contributed by atoms with van der Waals surface area (Å²) in [5.41, 5.74) is 0.663. The molecule has 2 aliphatic heterocycles. The molecule has 1 atom stereocenters. The number of hydrogen-bond donors (Lipinski definition) is 1. The maximum absolute atomic E-state index is 13.4. The van der Waals surface area contributed by atoms with Crippen LogP contribution in [0.5, 0.6) is 11.6 Å². The van der Waals surface area contributed by atoms with Gasteiger partial charge in [0.1, 0.15) is 12.4 Å². The fourth-order valence-corrected chi connectivity index (χ4v) is 4.49. The van der Waals surface area contributed by atoms with Gasteiger partial charge in [0.25, 0.3) is 0 Å². The number of ether oxygens (including phenoxy) is 1. The molecule has 136 valence electrons. The predicted molar refractivity (Wildman–Crippen MR) is 92.9 cm³/mol. The molecule has 6 nitrogen and oxygen atoms in total. The van der Waals surface area contributed by atoms with Gasteiger partial charge in [-0.3, -0.25) is 4.57 Å². The zero-order chi connectivity index (χ0) is 17.9.